The number of amides is 1. The van der Waals surface area contributed by atoms with Crippen LogP contribution in [0.1, 0.15) is 29.7 Å². The number of allylic oxidation sites excluding steroid dienone is 1. The van der Waals surface area contributed by atoms with E-state index in [1.807, 2.05) is 31.2 Å². The van der Waals surface area contributed by atoms with E-state index in [1.165, 1.54) is 11.9 Å². The number of anilines is 2. The molecule has 1 aliphatic heterocycles. The van der Waals surface area contributed by atoms with Crippen molar-refractivity contribution in [3.63, 3.8) is 0 Å². The van der Waals surface area contributed by atoms with Gasteiger partial charge in [0.05, 0.1) is 25.5 Å². The zero-order chi connectivity index (χ0) is 26.6. The smallest absolute Gasteiger partial charge is 0.255 e. The highest BCUT2D eigenvalue weighted by atomic mass is 16.5. The number of fused-ring (bicyclic) bond motifs is 1. The van der Waals surface area contributed by atoms with Gasteiger partial charge in [-0.3, -0.25) is 4.79 Å². The van der Waals surface area contributed by atoms with Crippen molar-refractivity contribution in [2.24, 2.45) is 0 Å². The fourth-order valence-corrected chi connectivity index (χ4v) is 4.41. The van der Waals surface area contributed by atoms with Crippen LogP contribution in [0.3, 0.4) is 0 Å². The van der Waals surface area contributed by atoms with Gasteiger partial charge in [-0.05, 0) is 49.2 Å². The lowest BCUT2D eigenvalue weighted by atomic mass is 9.94. The Morgan fingerprint density at radius 1 is 1.00 bits per heavy atom. The molecule has 2 N–H and O–H groups in total. The lowest BCUT2D eigenvalue weighted by Crippen LogP contribution is -2.31. The van der Waals surface area contributed by atoms with E-state index in [2.05, 4.69) is 51.9 Å². The summed E-state index contributed by atoms with van der Waals surface area (Å²) < 4.78 is 18.5. The molecular weight excluding hydrogens is 482 g/mol. The standard InChI is InChI=1S/C29H29N5O4/c1-18-8-10-20(11-9-18)16-38-23-7-5-6-21(14-23)27-26(19(2)32-29-30-17-31-34(27)29)28(35)33-24-13-12-22(36-3)15-25(24)37-4/h5-15,17,27H,16H2,1-4H3,(H,33,35)(H,30,31,32)/t27-/m1/s1. The van der Waals surface area contributed by atoms with E-state index in [0.717, 1.165) is 11.1 Å². The van der Waals surface area contributed by atoms with Gasteiger partial charge in [0.25, 0.3) is 5.91 Å². The summed E-state index contributed by atoms with van der Waals surface area (Å²) in [5.74, 6) is 2.07. The van der Waals surface area contributed by atoms with E-state index in [9.17, 15) is 4.79 Å². The summed E-state index contributed by atoms with van der Waals surface area (Å²) in [6.45, 7) is 4.34. The number of methoxy groups -OCH3 is 2. The van der Waals surface area contributed by atoms with Gasteiger partial charge in [-0.1, -0.05) is 42.0 Å². The highest BCUT2D eigenvalue weighted by Gasteiger charge is 2.34. The number of rotatable bonds is 8. The number of hydrogen-bond acceptors (Lipinski definition) is 7. The number of aromatic nitrogens is 3. The van der Waals surface area contributed by atoms with Crippen LogP contribution in [0.4, 0.5) is 11.6 Å². The molecule has 1 aromatic heterocycles. The largest absolute Gasteiger partial charge is 0.497 e. The van der Waals surface area contributed by atoms with Crippen molar-refractivity contribution in [3.8, 4) is 17.2 Å². The zero-order valence-corrected chi connectivity index (χ0v) is 21.7. The maximum absolute atomic E-state index is 13.8. The molecule has 3 aromatic carbocycles. The van der Waals surface area contributed by atoms with E-state index >= 15 is 0 Å². The number of carbonyl (C=O) groups excluding carboxylic acids is 1. The van der Waals surface area contributed by atoms with Crippen LogP contribution in [0.15, 0.2) is 84.3 Å². The van der Waals surface area contributed by atoms with Gasteiger partial charge in [-0.15, -0.1) is 0 Å². The summed E-state index contributed by atoms with van der Waals surface area (Å²) in [7, 11) is 3.12. The Hall–Kier alpha value is -4.79. The zero-order valence-electron chi connectivity index (χ0n) is 21.7. The molecule has 1 atom stereocenters. The van der Waals surface area contributed by atoms with Gasteiger partial charge in [0.1, 0.15) is 36.2 Å². The molecule has 0 radical (unpaired) electrons. The van der Waals surface area contributed by atoms with Crippen LogP contribution >= 0.6 is 0 Å². The van der Waals surface area contributed by atoms with Crippen molar-refractivity contribution < 1.29 is 19.0 Å². The van der Waals surface area contributed by atoms with Crippen molar-refractivity contribution >= 4 is 17.5 Å². The summed E-state index contributed by atoms with van der Waals surface area (Å²) >= 11 is 0. The molecule has 0 spiro atoms. The summed E-state index contributed by atoms with van der Waals surface area (Å²) in [5, 5.41) is 10.6. The predicted octanol–water partition coefficient (Wildman–Crippen LogP) is 5.11. The van der Waals surface area contributed by atoms with E-state index in [4.69, 9.17) is 14.2 Å². The lowest BCUT2D eigenvalue weighted by molar-refractivity contribution is -0.113. The highest BCUT2D eigenvalue weighted by Crippen LogP contribution is 2.37. The van der Waals surface area contributed by atoms with Gasteiger partial charge in [0.2, 0.25) is 5.95 Å². The van der Waals surface area contributed by atoms with Gasteiger partial charge >= 0.3 is 0 Å². The quantitative estimate of drug-likeness (QED) is 0.339. The summed E-state index contributed by atoms with van der Waals surface area (Å²) in [5.41, 5.74) is 4.81. The number of carbonyl (C=O) groups is 1. The molecular formula is C29H29N5O4. The third kappa shape index (κ3) is 5.04. The minimum atomic E-state index is -0.527. The minimum Gasteiger partial charge on any atom is -0.497 e. The first-order valence-electron chi connectivity index (χ1n) is 12.2. The first-order chi connectivity index (χ1) is 18.5. The van der Waals surface area contributed by atoms with E-state index in [0.29, 0.717) is 46.8 Å². The first kappa shape index (κ1) is 24.9. The Morgan fingerprint density at radius 2 is 1.82 bits per heavy atom. The fourth-order valence-electron chi connectivity index (χ4n) is 4.41. The second kappa shape index (κ2) is 10.7. The van der Waals surface area contributed by atoms with Crippen LogP contribution in [0.2, 0.25) is 0 Å². The second-order valence-corrected chi connectivity index (χ2v) is 8.96. The fraction of sp³-hybridized carbons (Fsp3) is 0.207. The molecule has 0 fully saturated rings. The van der Waals surface area contributed by atoms with Crippen LogP contribution < -0.4 is 24.8 Å². The van der Waals surface area contributed by atoms with Crippen molar-refractivity contribution in [1.29, 1.82) is 0 Å². The molecule has 0 aliphatic carbocycles. The minimum absolute atomic E-state index is 0.296. The highest BCUT2D eigenvalue weighted by molar-refractivity contribution is 6.06. The number of nitrogens with zero attached hydrogens (tertiary/aromatic N) is 3. The maximum Gasteiger partial charge on any atom is 0.255 e. The summed E-state index contributed by atoms with van der Waals surface area (Å²) in [6.07, 6.45) is 1.47. The molecule has 5 rings (SSSR count). The SMILES string of the molecule is COc1ccc(NC(=O)C2=C(C)Nc3ncnn3[C@@H]2c2cccc(OCc3ccc(C)cc3)c2)c(OC)c1. The number of hydrogen-bond donors (Lipinski definition) is 2. The monoisotopic (exact) mass is 511 g/mol. The van der Waals surface area contributed by atoms with Crippen LogP contribution in [0, 0.1) is 6.92 Å². The second-order valence-electron chi connectivity index (χ2n) is 8.96. The van der Waals surface area contributed by atoms with Gasteiger partial charge < -0.3 is 24.8 Å². The molecule has 38 heavy (non-hydrogen) atoms. The summed E-state index contributed by atoms with van der Waals surface area (Å²) in [4.78, 5) is 18.1. The molecule has 0 saturated heterocycles. The Labute approximate surface area is 221 Å². The molecule has 1 amide bonds. The molecule has 4 aromatic rings. The Morgan fingerprint density at radius 3 is 2.58 bits per heavy atom. The number of aryl methyl sites for hydroxylation is 1. The van der Waals surface area contributed by atoms with Crippen molar-refractivity contribution in [3.05, 3.63) is 101 Å². The van der Waals surface area contributed by atoms with Crippen molar-refractivity contribution in [2.75, 3.05) is 24.9 Å². The third-order valence-corrected chi connectivity index (χ3v) is 6.40. The molecule has 9 heteroatoms. The van der Waals surface area contributed by atoms with E-state index in [-0.39, 0.29) is 5.91 Å². The Balaban J connectivity index is 1.46. The number of ether oxygens (including phenoxy) is 3. The maximum atomic E-state index is 13.8. The lowest BCUT2D eigenvalue weighted by Gasteiger charge is -2.29. The number of nitrogens with one attached hydrogen (secondary N) is 2. The molecule has 194 valence electrons. The van der Waals surface area contributed by atoms with Gasteiger partial charge in [-0.2, -0.15) is 10.1 Å². The van der Waals surface area contributed by atoms with Crippen molar-refractivity contribution in [1.82, 2.24) is 14.8 Å². The summed E-state index contributed by atoms with van der Waals surface area (Å²) in [6, 6.07) is 20.6. The van der Waals surface area contributed by atoms with Crippen LogP contribution in [-0.2, 0) is 11.4 Å². The van der Waals surface area contributed by atoms with Crippen LogP contribution in [0.5, 0.6) is 17.2 Å². The van der Waals surface area contributed by atoms with Gasteiger partial charge in [0, 0.05) is 11.8 Å². The van der Waals surface area contributed by atoms with E-state index in [1.54, 1.807) is 37.1 Å². The molecule has 0 saturated carbocycles. The van der Waals surface area contributed by atoms with Crippen LogP contribution in [-0.4, -0.2) is 34.9 Å². The normalized spacial score (nSPS) is 14.4. The molecule has 9 nitrogen and oxygen atoms in total. The molecule has 0 bridgehead atoms. The van der Waals surface area contributed by atoms with Crippen molar-refractivity contribution in [2.45, 2.75) is 26.5 Å². The predicted molar refractivity (Wildman–Crippen MR) is 145 cm³/mol. The topological polar surface area (TPSA) is 99.5 Å². The average molecular weight is 512 g/mol. The average Bonchev–Trinajstić information content (AvgIpc) is 3.40. The Bertz CT molecular complexity index is 1490. The molecule has 1 aliphatic rings. The van der Waals surface area contributed by atoms with Crippen LogP contribution in [0.25, 0.3) is 0 Å². The first-order valence-corrected chi connectivity index (χ1v) is 12.2. The number of benzene rings is 3. The van der Waals surface area contributed by atoms with E-state index < -0.39 is 6.04 Å². The molecule has 2 heterocycles. The third-order valence-electron chi connectivity index (χ3n) is 6.40. The molecule has 0 unspecified atom stereocenters. The van der Waals surface area contributed by atoms with Gasteiger partial charge in [-0.25, -0.2) is 4.68 Å². The Kier molecular flexibility index (Phi) is 6.99. The van der Waals surface area contributed by atoms with Gasteiger partial charge in [0.15, 0.2) is 0 Å².